The molecule has 0 fully saturated rings. The number of rotatable bonds is 2. The Hall–Kier alpha value is -2.01. The fraction of sp³-hybridized carbons (Fsp3) is 0.188. The standard InChI is InChI=1S/C16H15BrN4/c1-9(2)13-8-14(18)21-16(20-13)15-11(17)7-10-5-3-4-6-12(10)19-15/h3-9H,1-2H3,(H2,18,20,21). The number of para-hydroxylation sites is 1. The lowest BCUT2D eigenvalue weighted by Crippen LogP contribution is -2.03. The van der Waals surface area contributed by atoms with Crippen LogP contribution < -0.4 is 5.73 Å². The number of nitrogens with zero attached hydrogens (tertiary/aromatic N) is 3. The van der Waals surface area contributed by atoms with Crippen molar-refractivity contribution in [2.24, 2.45) is 0 Å². The van der Waals surface area contributed by atoms with Gasteiger partial charge >= 0.3 is 0 Å². The van der Waals surface area contributed by atoms with E-state index in [-0.39, 0.29) is 5.92 Å². The molecule has 0 aliphatic heterocycles. The van der Waals surface area contributed by atoms with Crippen molar-refractivity contribution in [1.29, 1.82) is 0 Å². The van der Waals surface area contributed by atoms with Crippen LogP contribution in [0.1, 0.15) is 25.5 Å². The number of nitrogen functional groups attached to an aromatic ring is 1. The maximum atomic E-state index is 5.90. The number of fused-ring (bicyclic) bond motifs is 1. The van der Waals surface area contributed by atoms with Crippen LogP contribution >= 0.6 is 15.9 Å². The first kappa shape index (κ1) is 13.9. The van der Waals surface area contributed by atoms with Gasteiger partial charge in [0.15, 0.2) is 5.82 Å². The van der Waals surface area contributed by atoms with Crippen molar-refractivity contribution in [3.8, 4) is 11.5 Å². The van der Waals surface area contributed by atoms with Gasteiger partial charge in [-0.3, -0.25) is 0 Å². The fourth-order valence-electron chi connectivity index (χ4n) is 2.13. The smallest absolute Gasteiger partial charge is 0.181 e. The van der Waals surface area contributed by atoms with Crippen molar-refractivity contribution in [3.05, 3.63) is 46.6 Å². The molecule has 0 aliphatic carbocycles. The Morgan fingerprint density at radius 1 is 1.05 bits per heavy atom. The van der Waals surface area contributed by atoms with Crippen LogP contribution in [0.3, 0.4) is 0 Å². The average molecular weight is 343 g/mol. The number of anilines is 1. The highest BCUT2D eigenvalue weighted by Crippen LogP contribution is 2.29. The molecule has 2 N–H and O–H groups in total. The van der Waals surface area contributed by atoms with Gasteiger partial charge in [0, 0.05) is 21.6 Å². The molecule has 0 amide bonds. The van der Waals surface area contributed by atoms with Crippen molar-refractivity contribution in [2.45, 2.75) is 19.8 Å². The lowest BCUT2D eigenvalue weighted by molar-refractivity contribution is 0.817. The van der Waals surface area contributed by atoms with Crippen molar-refractivity contribution in [1.82, 2.24) is 15.0 Å². The van der Waals surface area contributed by atoms with Gasteiger partial charge in [-0.2, -0.15) is 0 Å². The molecule has 3 aromatic rings. The van der Waals surface area contributed by atoms with Gasteiger partial charge in [-0.05, 0) is 34.0 Å². The molecule has 106 valence electrons. The number of benzene rings is 1. The molecule has 2 aromatic heterocycles. The second kappa shape index (κ2) is 5.41. The molecule has 0 bridgehead atoms. The Balaban J connectivity index is 2.22. The van der Waals surface area contributed by atoms with E-state index < -0.39 is 0 Å². The summed E-state index contributed by atoms with van der Waals surface area (Å²) in [5.41, 5.74) is 8.44. The van der Waals surface area contributed by atoms with Crippen molar-refractivity contribution in [2.75, 3.05) is 5.73 Å². The quantitative estimate of drug-likeness (QED) is 0.759. The first-order valence-electron chi connectivity index (χ1n) is 6.74. The normalized spacial score (nSPS) is 11.2. The zero-order valence-electron chi connectivity index (χ0n) is 11.8. The zero-order valence-corrected chi connectivity index (χ0v) is 13.4. The van der Waals surface area contributed by atoms with E-state index in [0.717, 1.165) is 21.1 Å². The molecular weight excluding hydrogens is 328 g/mol. The molecule has 21 heavy (non-hydrogen) atoms. The number of hydrogen-bond acceptors (Lipinski definition) is 4. The lowest BCUT2D eigenvalue weighted by atomic mass is 10.1. The number of aromatic nitrogens is 3. The summed E-state index contributed by atoms with van der Waals surface area (Å²) >= 11 is 3.56. The highest BCUT2D eigenvalue weighted by atomic mass is 79.9. The third-order valence-electron chi connectivity index (χ3n) is 3.25. The third kappa shape index (κ3) is 2.74. The minimum atomic E-state index is 0.285. The molecule has 1 aromatic carbocycles. The lowest BCUT2D eigenvalue weighted by Gasteiger charge is -2.10. The number of pyridine rings is 1. The summed E-state index contributed by atoms with van der Waals surface area (Å²) in [7, 11) is 0. The van der Waals surface area contributed by atoms with E-state index in [1.165, 1.54) is 0 Å². The highest BCUT2D eigenvalue weighted by Gasteiger charge is 2.13. The van der Waals surface area contributed by atoms with Crippen molar-refractivity contribution < 1.29 is 0 Å². The maximum Gasteiger partial charge on any atom is 0.181 e. The first-order valence-corrected chi connectivity index (χ1v) is 7.54. The van der Waals surface area contributed by atoms with Gasteiger partial charge in [0.2, 0.25) is 0 Å². The van der Waals surface area contributed by atoms with Crippen LogP contribution in [0, 0.1) is 0 Å². The SMILES string of the molecule is CC(C)c1cc(N)nc(-c2nc3ccccc3cc2Br)n1. The topological polar surface area (TPSA) is 64.7 Å². The van der Waals surface area contributed by atoms with E-state index in [0.29, 0.717) is 17.3 Å². The third-order valence-corrected chi connectivity index (χ3v) is 3.85. The molecule has 5 heteroatoms. The van der Waals surface area contributed by atoms with E-state index in [2.05, 4.69) is 44.7 Å². The average Bonchev–Trinajstić information content (AvgIpc) is 2.45. The van der Waals surface area contributed by atoms with E-state index in [4.69, 9.17) is 5.73 Å². The predicted octanol–water partition coefficient (Wildman–Crippen LogP) is 4.16. The summed E-state index contributed by atoms with van der Waals surface area (Å²) in [6.07, 6.45) is 0. The Kier molecular flexibility index (Phi) is 3.59. The largest absolute Gasteiger partial charge is 0.384 e. The molecule has 0 atom stereocenters. The van der Waals surface area contributed by atoms with Gasteiger partial charge in [-0.25, -0.2) is 15.0 Å². The van der Waals surface area contributed by atoms with E-state index in [1.54, 1.807) is 0 Å². The second-order valence-corrected chi connectivity index (χ2v) is 6.06. The van der Waals surface area contributed by atoms with Crippen molar-refractivity contribution in [3.63, 3.8) is 0 Å². The number of nitrogens with two attached hydrogens (primary N) is 1. The maximum absolute atomic E-state index is 5.90. The van der Waals surface area contributed by atoms with Crippen LogP contribution in [0.5, 0.6) is 0 Å². The van der Waals surface area contributed by atoms with Crippen LogP contribution in [0.4, 0.5) is 5.82 Å². The zero-order chi connectivity index (χ0) is 15.0. The van der Waals surface area contributed by atoms with E-state index in [1.807, 2.05) is 36.4 Å². The molecule has 0 radical (unpaired) electrons. The molecular formula is C16H15BrN4. The van der Waals surface area contributed by atoms with Crippen LogP contribution in [0.15, 0.2) is 40.9 Å². The molecule has 2 heterocycles. The molecule has 0 spiro atoms. The van der Waals surface area contributed by atoms with Crippen molar-refractivity contribution >= 4 is 32.7 Å². The minimum absolute atomic E-state index is 0.285. The second-order valence-electron chi connectivity index (χ2n) is 5.21. The first-order chi connectivity index (χ1) is 10.0. The van der Waals surface area contributed by atoms with Gasteiger partial charge in [0.05, 0.1) is 5.52 Å². The molecule has 0 saturated carbocycles. The number of hydrogen-bond donors (Lipinski definition) is 1. The fourth-order valence-corrected chi connectivity index (χ4v) is 2.65. The van der Waals surface area contributed by atoms with Gasteiger partial charge in [0.1, 0.15) is 11.5 Å². The molecule has 0 saturated heterocycles. The Bertz CT molecular complexity index is 814. The molecule has 0 aliphatic rings. The van der Waals surface area contributed by atoms with Crippen LogP contribution in [-0.2, 0) is 0 Å². The van der Waals surface area contributed by atoms with Gasteiger partial charge < -0.3 is 5.73 Å². The van der Waals surface area contributed by atoms with Gasteiger partial charge in [-0.15, -0.1) is 0 Å². The summed E-state index contributed by atoms with van der Waals surface area (Å²) in [6, 6.07) is 11.8. The van der Waals surface area contributed by atoms with Crippen LogP contribution in [-0.4, -0.2) is 15.0 Å². The summed E-state index contributed by atoms with van der Waals surface area (Å²) in [5.74, 6) is 1.30. The monoisotopic (exact) mass is 342 g/mol. The van der Waals surface area contributed by atoms with E-state index >= 15 is 0 Å². The summed E-state index contributed by atoms with van der Waals surface area (Å²) in [6.45, 7) is 4.16. The minimum Gasteiger partial charge on any atom is -0.384 e. The van der Waals surface area contributed by atoms with Gasteiger partial charge in [0.25, 0.3) is 0 Å². The number of halogens is 1. The summed E-state index contributed by atoms with van der Waals surface area (Å²) in [4.78, 5) is 13.6. The molecule has 3 rings (SSSR count). The summed E-state index contributed by atoms with van der Waals surface area (Å²) in [5, 5.41) is 1.07. The Morgan fingerprint density at radius 3 is 2.57 bits per heavy atom. The Morgan fingerprint density at radius 2 is 1.81 bits per heavy atom. The molecule has 0 unspecified atom stereocenters. The summed E-state index contributed by atoms with van der Waals surface area (Å²) < 4.78 is 0.863. The van der Waals surface area contributed by atoms with Gasteiger partial charge in [-0.1, -0.05) is 32.0 Å². The predicted molar refractivity (Wildman–Crippen MR) is 89.0 cm³/mol. The Labute approximate surface area is 131 Å². The van der Waals surface area contributed by atoms with E-state index in [9.17, 15) is 0 Å². The van der Waals surface area contributed by atoms with Crippen LogP contribution in [0.25, 0.3) is 22.4 Å². The van der Waals surface area contributed by atoms with Crippen LogP contribution in [0.2, 0.25) is 0 Å². The highest BCUT2D eigenvalue weighted by molar-refractivity contribution is 9.10. The molecule has 4 nitrogen and oxygen atoms in total.